The second-order valence-electron chi connectivity index (χ2n) is 12.0. The number of carbonyl (C=O) groups is 4. The smallest absolute Gasteiger partial charge is 0.256 e. The van der Waals surface area contributed by atoms with Gasteiger partial charge in [0.05, 0.1) is 58.9 Å². The first-order chi connectivity index (χ1) is 26.3. The number of aliphatic hydroxyl groups excluding tert-OH is 2. The van der Waals surface area contributed by atoms with E-state index in [1.54, 1.807) is 81.9 Å². The van der Waals surface area contributed by atoms with E-state index < -0.39 is 0 Å². The number of aromatic nitrogens is 2. The van der Waals surface area contributed by atoms with Gasteiger partial charge in [-0.25, -0.2) is 0 Å². The van der Waals surface area contributed by atoms with Crippen LogP contribution in [0, 0.1) is 0 Å². The summed E-state index contributed by atoms with van der Waals surface area (Å²) in [4.78, 5) is 59.9. The van der Waals surface area contributed by atoms with Crippen molar-refractivity contribution >= 4 is 47.9 Å². The number of aliphatic hydroxyl groups is 2. The number of nitrogens with zero attached hydrogens (tertiary/aromatic N) is 4. The van der Waals surface area contributed by atoms with E-state index in [2.05, 4.69) is 9.97 Å². The lowest BCUT2D eigenvalue weighted by Crippen LogP contribution is -2.49. The van der Waals surface area contributed by atoms with Crippen LogP contribution in [0.25, 0.3) is 0 Å². The van der Waals surface area contributed by atoms with Gasteiger partial charge in [0.25, 0.3) is 11.8 Å². The average molecular weight is 777 g/mol. The van der Waals surface area contributed by atoms with Crippen LogP contribution in [0.5, 0.6) is 23.0 Å². The Balaban J connectivity index is 0.000000208. The number of phenols is 2. The second-order valence-corrected chi connectivity index (χ2v) is 14.3. The molecule has 0 bridgehead atoms. The quantitative estimate of drug-likeness (QED) is 0.153. The number of benzene rings is 2. The van der Waals surface area contributed by atoms with Crippen LogP contribution < -0.4 is 9.47 Å². The number of rotatable bonds is 12. The van der Waals surface area contributed by atoms with E-state index in [1.807, 2.05) is 0 Å². The van der Waals surface area contributed by atoms with E-state index in [4.69, 9.17) is 9.47 Å². The van der Waals surface area contributed by atoms with Crippen LogP contribution >= 0.6 is 23.5 Å². The van der Waals surface area contributed by atoms with E-state index in [-0.39, 0.29) is 84.5 Å². The number of hydrogen-bond acceptors (Lipinski definition) is 14. The first-order valence-electron chi connectivity index (χ1n) is 17.0. The summed E-state index contributed by atoms with van der Waals surface area (Å²) in [6.45, 7) is 0.876. The lowest BCUT2D eigenvalue weighted by Gasteiger charge is -2.35. The Morgan fingerprint density at radius 3 is 1.50 bits per heavy atom. The summed E-state index contributed by atoms with van der Waals surface area (Å²) in [6.07, 6.45) is 4.17. The Bertz CT molecular complexity index is 1800. The van der Waals surface area contributed by atoms with Gasteiger partial charge in [-0.1, -0.05) is 12.1 Å². The lowest BCUT2D eigenvalue weighted by atomic mass is 10.1. The van der Waals surface area contributed by atoms with E-state index in [9.17, 15) is 39.6 Å². The second kappa shape index (κ2) is 19.8. The van der Waals surface area contributed by atoms with Gasteiger partial charge < -0.3 is 39.7 Å². The minimum atomic E-state index is -0.308. The molecule has 2 aliphatic rings. The molecule has 284 valence electrons. The minimum Gasteiger partial charge on any atom is -0.507 e. The highest BCUT2D eigenvalue weighted by molar-refractivity contribution is 7.99. The molecular formula is C38H40N4O10S2. The number of phenolic OH excluding ortho intramolecular Hbond substituents is 2. The maximum Gasteiger partial charge on any atom is 0.256 e. The molecule has 4 aromatic rings. The third-order valence-electron chi connectivity index (χ3n) is 8.70. The van der Waals surface area contributed by atoms with Crippen LogP contribution in [0.3, 0.4) is 0 Å². The highest BCUT2D eigenvalue weighted by atomic mass is 32.2. The molecule has 2 amide bonds. The fraction of sp³-hybridized carbons (Fsp3) is 0.316. The van der Waals surface area contributed by atoms with Gasteiger partial charge in [0.2, 0.25) is 0 Å². The summed E-state index contributed by atoms with van der Waals surface area (Å²) in [5, 5.41) is 38.4. The number of hydrogen-bond donors (Lipinski definition) is 4. The molecule has 14 nitrogen and oxygen atoms in total. The van der Waals surface area contributed by atoms with E-state index in [1.165, 1.54) is 24.5 Å². The molecule has 0 aliphatic carbocycles. The van der Waals surface area contributed by atoms with Gasteiger partial charge in [-0.05, 0) is 48.5 Å². The summed E-state index contributed by atoms with van der Waals surface area (Å²) < 4.78 is 11.5. The fourth-order valence-corrected chi connectivity index (χ4v) is 7.95. The van der Waals surface area contributed by atoms with Gasteiger partial charge in [-0.3, -0.25) is 29.1 Å². The Morgan fingerprint density at radius 1 is 0.685 bits per heavy atom. The molecule has 2 atom stereocenters. The molecule has 4 N–H and O–H groups in total. The predicted molar refractivity (Wildman–Crippen MR) is 203 cm³/mol. The Morgan fingerprint density at radius 2 is 1.11 bits per heavy atom. The van der Waals surface area contributed by atoms with Crippen molar-refractivity contribution in [2.75, 3.05) is 49.3 Å². The lowest BCUT2D eigenvalue weighted by molar-refractivity contribution is 0.0637. The maximum atomic E-state index is 13.0. The zero-order valence-corrected chi connectivity index (χ0v) is 30.8. The molecule has 54 heavy (non-hydrogen) atoms. The molecule has 4 heterocycles. The molecule has 0 saturated carbocycles. The predicted octanol–water partition coefficient (Wildman–Crippen LogP) is 3.46. The summed E-state index contributed by atoms with van der Waals surface area (Å²) in [5.74, 6) is 2.88. The third-order valence-corrected chi connectivity index (χ3v) is 10.9. The molecule has 0 spiro atoms. The van der Waals surface area contributed by atoms with Crippen molar-refractivity contribution in [2.45, 2.75) is 25.3 Å². The van der Waals surface area contributed by atoms with Gasteiger partial charge in [-0.2, -0.15) is 23.5 Å². The number of pyridine rings is 2. The Hall–Kier alpha value is -5.16. The highest BCUT2D eigenvalue weighted by Gasteiger charge is 2.31. The molecule has 2 aliphatic heterocycles. The van der Waals surface area contributed by atoms with Crippen LogP contribution in [0.4, 0.5) is 0 Å². The summed E-state index contributed by atoms with van der Waals surface area (Å²) in [7, 11) is 0. The number of amides is 2. The van der Waals surface area contributed by atoms with Crippen molar-refractivity contribution in [3.63, 3.8) is 0 Å². The molecule has 2 aromatic heterocycles. The van der Waals surface area contributed by atoms with E-state index >= 15 is 0 Å². The largest absolute Gasteiger partial charge is 0.507 e. The Kier molecular flexibility index (Phi) is 14.7. The third kappa shape index (κ3) is 9.68. The van der Waals surface area contributed by atoms with Crippen molar-refractivity contribution in [3.05, 3.63) is 107 Å². The van der Waals surface area contributed by atoms with Crippen LogP contribution in [0.2, 0.25) is 0 Å². The first-order valence-corrected chi connectivity index (χ1v) is 19.3. The fourth-order valence-electron chi connectivity index (χ4n) is 5.87. The van der Waals surface area contributed by atoms with Crippen molar-refractivity contribution in [1.29, 1.82) is 0 Å². The summed E-state index contributed by atoms with van der Waals surface area (Å²) in [6, 6.07) is 15.5. The molecule has 2 fully saturated rings. The molecular weight excluding hydrogens is 737 g/mol. The summed E-state index contributed by atoms with van der Waals surface area (Å²) in [5.41, 5.74) is 1.63. The standard InChI is InChI=1S/2C19H20N2O5S/c2*22-9-15-17(24)4-1-5-18(15)26-11-13-12-27-8-7-21(13)19(25)14-3-2-6-20-16(14)10-23/h2*1-6,9,13,23-24H,7-8,10-12H2/t2*13-/m10/s1. The molecule has 0 unspecified atom stereocenters. The SMILES string of the molecule is O=Cc1c(O)cccc1OC[C@@H]1CSCCN1C(=O)c1cccnc1CO.O=Cc1c(O)cccc1OC[C@H]1CSCCN1C(=O)c1cccnc1CO. The number of thioether (sulfide) groups is 2. The topological polar surface area (TPSA) is 200 Å². The van der Waals surface area contributed by atoms with Crippen molar-refractivity contribution in [1.82, 2.24) is 19.8 Å². The summed E-state index contributed by atoms with van der Waals surface area (Å²) >= 11 is 3.44. The Labute approximate surface area is 320 Å². The van der Waals surface area contributed by atoms with Crippen LogP contribution in [-0.4, -0.2) is 126 Å². The molecule has 16 heteroatoms. The van der Waals surface area contributed by atoms with Crippen molar-refractivity contribution in [2.24, 2.45) is 0 Å². The van der Waals surface area contributed by atoms with Gasteiger partial charge in [0.1, 0.15) is 36.2 Å². The number of aldehydes is 2. The normalized spacial score (nSPS) is 16.8. The zero-order valence-electron chi connectivity index (χ0n) is 29.2. The van der Waals surface area contributed by atoms with Crippen molar-refractivity contribution < 1.29 is 49.1 Å². The van der Waals surface area contributed by atoms with Crippen LogP contribution in [0.1, 0.15) is 52.8 Å². The highest BCUT2D eigenvalue weighted by Crippen LogP contribution is 2.29. The molecule has 2 saturated heterocycles. The molecule has 2 aromatic carbocycles. The van der Waals surface area contributed by atoms with Gasteiger partial charge in [0, 0.05) is 48.5 Å². The molecule has 0 radical (unpaired) electrons. The van der Waals surface area contributed by atoms with Gasteiger partial charge in [-0.15, -0.1) is 0 Å². The number of aromatic hydroxyl groups is 2. The van der Waals surface area contributed by atoms with Crippen LogP contribution in [0.15, 0.2) is 73.1 Å². The molecule has 6 rings (SSSR count). The number of carbonyl (C=O) groups excluding carboxylic acids is 4. The average Bonchev–Trinajstić information content (AvgIpc) is 3.22. The number of ether oxygens (including phenoxy) is 2. The maximum absolute atomic E-state index is 13.0. The van der Waals surface area contributed by atoms with Gasteiger partial charge >= 0.3 is 0 Å². The van der Waals surface area contributed by atoms with E-state index in [0.717, 1.165) is 11.5 Å². The zero-order chi connectivity index (χ0) is 38.5. The minimum absolute atomic E-state index is 0.0914. The van der Waals surface area contributed by atoms with E-state index in [0.29, 0.717) is 59.7 Å². The van der Waals surface area contributed by atoms with Crippen LogP contribution in [-0.2, 0) is 13.2 Å². The van der Waals surface area contributed by atoms with Gasteiger partial charge in [0.15, 0.2) is 12.6 Å². The monoisotopic (exact) mass is 776 g/mol. The first kappa shape index (κ1) is 40.0. The van der Waals surface area contributed by atoms with Crippen molar-refractivity contribution in [3.8, 4) is 23.0 Å².